The molecule has 2 rings (SSSR count). The van der Waals surface area contributed by atoms with Crippen LogP contribution in [0.1, 0.15) is 16.7 Å². The van der Waals surface area contributed by atoms with E-state index in [-0.39, 0.29) is 5.82 Å². The molecule has 1 N–H and O–H groups in total. The minimum absolute atomic E-state index is 0.285. The molecule has 0 radical (unpaired) electrons. The van der Waals surface area contributed by atoms with Crippen LogP contribution in [0.3, 0.4) is 0 Å². The summed E-state index contributed by atoms with van der Waals surface area (Å²) < 4.78 is 14.7. The van der Waals surface area contributed by atoms with Gasteiger partial charge in [-0.2, -0.15) is 0 Å². The highest BCUT2D eigenvalue weighted by Gasteiger charge is 2.09. The van der Waals surface area contributed by atoms with Crippen molar-refractivity contribution in [3.05, 3.63) is 62.3 Å². The fraction of sp³-hybridized carbons (Fsp3) is 0.200. The summed E-state index contributed by atoms with van der Waals surface area (Å²) in [7, 11) is 0. The summed E-state index contributed by atoms with van der Waals surface area (Å²) >= 11 is 9.47. The third kappa shape index (κ3) is 3.28. The number of nitrogens with one attached hydrogen (secondary N) is 1. The van der Waals surface area contributed by atoms with Gasteiger partial charge >= 0.3 is 0 Å². The molecule has 0 amide bonds. The zero-order valence-electron chi connectivity index (χ0n) is 10.7. The van der Waals surface area contributed by atoms with Gasteiger partial charge in [-0.25, -0.2) is 4.39 Å². The summed E-state index contributed by atoms with van der Waals surface area (Å²) in [5, 5.41) is 3.71. The molecule has 0 unspecified atom stereocenters. The molecule has 100 valence electrons. The van der Waals surface area contributed by atoms with Gasteiger partial charge in [0.2, 0.25) is 0 Å². The molecular weight excluding hydrogens is 329 g/mol. The van der Waals surface area contributed by atoms with Gasteiger partial charge in [-0.1, -0.05) is 33.6 Å². The Morgan fingerprint density at radius 3 is 2.42 bits per heavy atom. The summed E-state index contributed by atoms with van der Waals surface area (Å²) in [6, 6.07) is 8.78. The zero-order valence-corrected chi connectivity index (χ0v) is 13.1. The molecule has 0 saturated heterocycles. The highest BCUT2D eigenvalue weighted by atomic mass is 79.9. The van der Waals surface area contributed by atoms with E-state index >= 15 is 0 Å². The summed E-state index contributed by atoms with van der Waals surface area (Å²) in [6.45, 7) is 4.40. The Morgan fingerprint density at radius 2 is 1.84 bits per heavy atom. The lowest BCUT2D eigenvalue weighted by Crippen LogP contribution is -2.05. The first-order valence-corrected chi connectivity index (χ1v) is 7.09. The van der Waals surface area contributed by atoms with Crippen LogP contribution in [0.5, 0.6) is 0 Å². The Labute approximate surface area is 125 Å². The molecule has 0 heterocycles. The van der Waals surface area contributed by atoms with E-state index in [1.807, 2.05) is 26.0 Å². The molecule has 0 spiro atoms. The predicted octanol–water partition coefficient (Wildman–Crippen LogP) is 5.47. The van der Waals surface area contributed by atoms with E-state index in [0.717, 1.165) is 21.3 Å². The number of rotatable bonds is 3. The van der Waals surface area contributed by atoms with Crippen LogP contribution >= 0.6 is 27.5 Å². The van der Waals surface area contributed by atoms with Gasteiger partial charge < -0.3 is 5.32 Å². The molecule has 1 nitrogen and oxygen atoms in total. The Hall–Kier alpha value is -1.06. The Balaban J connectivity index is 2.24. The maximum Gasteiger partial charge on any atom is 0.129 e. The van der Waals surface area contributed by atoms with Crippen LogP contribution in [0.25, 0.3) is 0 Å². The van der Waals surface area contributed by atoms with Gasteiger partial charge in [0.05, 0.1) is 0 Å². The maximum atomic E-state index is 13.7. The third-order valence-corrected chi connectivity index (χ3v) is 3.81. The molecule has 0 atom stereocenters. The number of halogens is 3. The van der Waals surface area contributed by atoms with Gasteiger partial charge in [-0.15, -0.1) is 0 Å². The van der Waals surface area contributed by atoms with E-state index < -0.39 is 0 Å². The predicted molar refractivity (Wildman–Crippen MR) is 82.4 cm³/mol. The number of benzene rings is 2. The standard InChI is InChI=1S/C15H14BrClFN/c1-9-6-11(16)7-10(2)15(9)19-8-12-13(17)4-3-5-14(12)18/h3-7,19H,8H2,1-2H3. The molecule has 2 aromatic carbocycles. The van der Waals surface area contributed by atoms with Gasteiger partial charge in [-0.05, 0) is 49.2 Å². The molecule has 0 fully saturated rings. The lowest BCUT2D eigenvalue weighted by atomic mass is 10.1. The normalized spacial score (nSPS) is 10.6. The highest BCUT2D eigenvalue weighted by Crippen LogP contribution is 2.27. The van der Waals surface area contributed by atoms with E-state index in [9.17, 15) is 4.39 Å². The van der Waals surface area contributed by atoms with Crippen molar-refractivity contribution >= 4 is 33.2 Å². The zero-order chi connectivity index (χ0) is 14.0. The van der Waals surface area contributed by atoms with Crippen molar-refractivity contribution in [3.63, 3.8) is 0 Å². The molecule has 0 aromatic heterocycles. The summed E-state index contributed by atoms with van der Waals surface area (Å²) in [4.78, 5) is 0. The van der Waals surface area contributed by atoms with E-state index in [1.54, 1.807) is 12.1 Å². The number of hydrogen-bond donors (Lipinski definition) is 1. The Bertz CT molecular complexity index is 570. The summed E-state index contributed by atoms with van der Waals surface area (Å²) in [5.41, 5.74) is 3.73. The second-order valence-corrected chi connectivity index (χ2v) is 5.79. The van der Waals surface area contributed by atoms with Crippen LogP contribution in [0, 0.1) is 19.7 Å². The van der Waals surface area contributed by atoms with Gasteiger partial charge in [0, 0.05) is 27.3 Å². The fourth-order valence-corrected chi connectivity index (χ4v) is 2.98. The summed E-state index contributed by atoms with van der Waals surface area (Å²) in [6.07, 6.45) is 0. The maximum absolute atomic E-state index is 13.7. The van der Waals surface area contributed by atoms with Crippen LogP contribution < -0.4 is 5.32 Å². The smallest absolute Gasteiger partial charge is 0.129 e. The largest absolute Gasteiger partial charge is 0.380 e. The topological polar surface area (TPSA) is 12.0 Å². The first-order chi connectivity index (χ1) is 8.99. The average Bonchev–Trinajstić information content (AvgIpc) is 2.31. The van der Waals surface area contributed by atoms with Crippen molar-refractivity contribution in [2.24, 2.45) is 0 Å². The average molecular weight is 343 g/mol. The molecule has 0 aliphatic rings. The number of hydrogen-bond acceptors (Lipinski definition) is 1. The van der Waals surface area contributed by atoms with Crippen LogP contribution in [-0.4, -0.2) is 0 Å². The molecular formula is C15H14BrClFN. The minimum Gasteiger partial charge on any atom is -0.380 e. The highest BCUT2D eigenvalue weighted by molar-refractivity contribution is 9.10. The van der Waals surface area contributed by atoms with Crippen LogP contribution in [0.15, 0.2) is 34.8 Å². The molecule has 2 aromatic rings. The van der Waals surface area contributed by atoms with E-state index in [1.165, 1.54) is 6.07 Å². The SMILES string of the molecule is Cc1cc(Br)cc(C)c1NCc1c(F)cccc1Cl. The Kier molecular flexibility index (Phi) is 4.48. The van der Waals surface area contributed by atoms with Crippen molar-refractivity contribution in [3.8, 4) is 0 Å². The van der Waals surface area contributed by atoms with Gasteiger partial charge in [0.15, 0.2) is 0 Å². The number of aryl methyl sites for hydroxylation is 2. The second kappa shape index (κ2) is 5.93. The van der Waals surface area contributed by atoms with Crippen LogP contribution in [0.2, 0.25) is 5.02 Å². The van der Waals surface area contributed by atoms with Crippen molar-refractivity contribution in [1.82, 2.24) is 0 Å². The van der Waals surface area contributed by atoms with Crippen LogP contribution in [-0.2, 0) is 6.54 Å². The van der Waals surface area contributed by atoms with Crippen molar-refractivity contribution in [2.45, 2.75) is 20.4 Å². The monoisotopic (exact) mass is 341 g/mol. The van der Waals surface area contributed by atoms with Gasteiger partial charge in [0.1, 0.15) is 5.82 Å². The second-order valence-electron chi connectivity index (χ2n) is 4.47. The molecule has 0 bridgehead atoms. The Morgan fingerprint density at radius 1 is 1.21 bits per heavy atom. The molecule has 0 aliphatic carbocycles. The molecule has 4 heteroatoms. The lowest BCUT2D eigenvalue weighted by molar-refractivity contribution is 0.613. The summed E-state index contributed by atoms with van der Waals surface area (Å²) in [5.74, 6) is -0.285. The quantitative estimate of drug-likeness (QED) is 0.780. The van der Waals surface area contributed by atoms with E-state index in [2.05, 4.69) is 21.2 Å². The minimum atomic E-state index is -0.285. The van der Waals surface area contributed by atoms with E-state index in [4.69, 9.17) is 11.6 Å². The molecule has 0 aliphatic heterocycles. The first-order valence-electron chi connectivity index (χ1n) is 5.92. The molecule has 19 heavy (non-hydrogen) atoms. The molecule has 0 saturated carbocycles. The van der Waals surface area contributed by atoms with Crippen molar-refractivity contribution < 1.29 is 4.39 Å². The van der Waals surface area contributed by atoms with Crippen LogP contribution in [0.4, 0.5) is 10.1 Å². The fourth-order valence-electron chi connectivity index (χ4n) is 2.07. The van der Waals surface area contributed by atoms with Crippen molar-refractivity contribution in [1.29, 1.82) is 0 Å². The number of anilines is 1. The lowest BCUT2D eigenvalue weighted by Gasteiger charge is -2.14. The van der Waals surface area contributed by atoms with Gasteiger partial charge in [0.25, 0.3) is 0 Å². The third-order valence-electron chi connectivity index (χ3n) is 3.00. The first kappa shape index (κ1) is 14.4. The van der Waals surface area contributed by atoms with E-state index in [0.29, 0.717) is 17.1 Å². The van der Waals surface area contributed by atoms with Gasteiger partial charge in [-0.3, -0.25) is 0 Å². The van der Waals surface area contributed by atoms with Crippen molar-refractivity contribution in [2.75, 3.05) is 5.32 Å².